The van der Waals surface area contributed by atoms with Crippen LogP contribution in [-0.2, 0) is 19.0 Å². The molecule has 0 aromatic heterocycles. The number of rotatable bonds is 7. The molecule has 2 aliphatic rings. The highest BCUT2D eigenvalue weighted by Crippen LogP contribution is 2.56. The molecule has 23 heavy (non-hydrogen) atoms. The van der Waals surface area contributed by atoms with Gasteiger partial charge in [-0.25, -0.2) is 0 Å². The van der Waals surface area contributed by atoms with Crippen LogP contribution in [0.1, 0.15) is 67.2 Å². The molecule has 0 N–H and O–H groups in total. The molecule has 2 rings (SSSR count). The third kappa shape index (κ3) is 4.69. The van der Waals surface area contributed by atoms with Crippen molar-refractivity contribution in [2.24, 2.45) is 23.2 Å². The summed E-state index contributed by atoms with van der Waals surface area (Å²) in [6, 6.07) is 0. The molecule has 0 bridgehead atoms. The molecule has 0 spiro atoms. The van der Waals surface area contributed by atoms with Gasteiger partial charge in [-0.1, -0.05) is 20.8 Å². The molecule has 1 saturated heterocycles. The summed E-state index contributed by atoms with van der Waals surface area (Å²) in [5.41, 5.74) is 0.102. The van der Waals surface area contributed by atoms with Crippen LogP contribution >= 0.6 is 0 Å². The van der Waals surface area contributed by atoms with Crippen molar-refractivity contribution in [3.05, 3.63) is 0 Å². The lowest BCUT2D eigenvalue weighted by Crippen LogP contribution is -2.40. The largest absolute Gasteiger partial charge is 0.466 e. The fourth-order valence-corrected chi connectivity index (χ4v) is 3.66. The fourth-order valence-electron chi connectivity index (χ4n) is 3.66. The molecule has 7 atom stereocenters. The molecule has 2 fully saturated rings. The number of hydrogen-bond acceptors (Lipinski definition) is 4. The Morgan fingerprint density at radius 1 is 1.30 bits per heavy atom. The van der Waals surface area contributed by atoms with Crippen molar-refractivity contribution in [3.8, 4) is 0 Å². The summed E-state index contributed by atoms with van der Waals surface area (Å²) in [6.45, 7) is 13.2. The molecule has 134 valence electrons. The number of ether oxygens (including phenoxy) is 3. The fraction of sp³-hybridized carbons (Fsp3) is 0.947. The Labute approximate surface area is 141 Å². The Balaban J connectivity index is 1.73. The zero-order chi connectivity index (χ0) is 17.2. The van der Waals surface area contributed by atoms with Crippen LogP contribution in [0.5, 0.6) is 0 Å². The third-order valence-corrected chi connectivity index (χ3v) is 5.77. The summed E-state index contributed by atoms with van der Waals surface area (Å²) in [6.07, 6.45) is 4.39. The minimum atomic E-state index is -0.0935. The molecule has 4 heteroatoms. The Hall–Kier alpha value is -0.610. The van der Waals surface area contributed by atoms with Gasteiger partial charge in [-0.3, -0.25) is 4.79 Å². The first-order valence-corrected chi connectivity index (χ1v) is 9.24. The summed E-state index contributed by atoms with van der Waals surface area (Å²) in [7, 11) is 0. The Bertz CT molecular complexity index is 410. The number of esters is 1. The maximum atomic E-state index is 11.8. The Kier molecular flexibility index (Phi) is 6.12. The van der Waals surface area contributed by atoms with Crippen LogP contribution in [-0.4, -0.2) is 31.1 Å². The smallest absolute Gasteiger partial charge is 0.309 e. The molecule has 1 aliphatic carbocycles. The quantitative estimate of drug-likeness (QED) is 0.659. The summed E-state index contributed by atoms with van der Waals surface area (Å²) < 4.78 is 17.3. The second-order valence-corrected chi connectivity index (χ2v) is 8.05. The van der Waals surface area contributed by atoms with Crippen LogP contribution in [0.4, 0.5) is 0 Å². The second-order valence-electron chi connectivity index (χ2n) is 8.05. The van der Waals surface area contributed by atoms with E-state index in [0.29, 0.717) is 18.4 Å². The maximum Gasteiger partial charge on any atom is 0.309 e. The standard InChI is InChI=1S/C19H34O4/c1-7-21-17(20)16-11-19(16,6)9-8-14(4)22-18-13(3)10-12(2)15(5)23-18/h12-16,18H,7-11H2,1-6H3/t12-,13-,14-,15+,16-,18-,19-/m1/s1. The van der Waals surface area contributed by atoms with E-state index in [1.165, 1.54) is 0 Å². The van der Waals surface area contributed by atoms with Crippen LogP contribution in [0.2, 0.25) is 0 Å². The topological polar surface area (TPSA) is 44.8 Å². The van der Waals surface area contributed by atoms with Crippen LogP contribution in [0.25, 0.3) is 0 Å². The van der Waals surface area contributed by atoms with E-state index in [2.05, 4.69) is 34.6 Å². The SMILES string of the molecule is CCOC(=O)[C@H]1C[C@@]1(C)CC[C@@H](C)O[C@@H]1O[C@@H](C)[C@H](C)C[C@H]1C. The summed E-state index contributed by atoms with van der Waals surface area (Å²) in [5.74, 6) is 1.08. The van der Waals surface area contributed by atoms with Crippen molar-refractivity contribution in [1.29, 1.82) is 0 Å². The highest BCUT2D eigenvalue weighted by molar-refractivity contribution is 5.76. The molecular formula is C19H34O4. The van der Waals surface area contributed by atoms with E-state index in [9.17, 15) is 4.79 Å². The van der Waals surface area contributed by atoms with Gasteiger partial charge >= 0.3 is 5.97 Å². The van der Waals surface area contributed by atoms with E-state index in [1.807, 2.05) is 6.92 Å². The first-order valence-electron chi connectivity index (χ1n) is 9.24. The van der Waals surface area contributed by atoms with Crippen LogP contribution in [0, 0.1) is 23.2 Å². The molecule has 0 unspecified atom stereocenters. The van der Waals surface area contributed by atoms with E-state index < -0.39 is 0 Å². The van der Waals surface area contributed by atoms with Crippen LogP contribution in [0.15, 0.2) is 0 Å². The monoisotopic (exact) mass is 326 g/mol. The minimum absolute atomic E-state index is 0.0318. The zero-order valence-corrected chi connectivity index (χ0v) is 15.6. The molecule has 0 amide bonds. The summed E-state index contributed by atoms with van der Waals surface area (Å²) in [5, 5.41) is 0. The molecule has 0 radical (unpaired) electrons. The van der Waals surface area contributed by atoms with Gasteiger partial charge in [0.2, 0.25) is 0 Å². The Morgan fingerprint density at radius 2 is 2.00 bits per heavy atom. The van der Waals surface area contributed by atoms with Crippen molar-refractivity contribution in [2.45, 2.75) is 85.7 Å². The minimum Gasteiger partial charge on any atom is -0.466 e. The van der Waals surface area contributed by atoms with Gasteiger partial charge in [0.15, 0.2) is 6.29 Å². The molecule has 1 aliphatic heterocycles. The summed E-state index contributed by atoms with van der Waals surface area (Å²) >= 11 is 0. The first kappa shape index (κ1) is 18.7. The molecule has 4 nitrogen and oxygen atoms in total. The van der Waals surface area contributed by atoms with Gasteiger partial charge in [0.05, 0.1) is 24.7 Å². The van der Waals surface area contributed by atoms with Crippen molar-refractivity contribution in [3.63, 3.8) is 0 Å². The maximum absolute atomic E-state index is 11.8. The molecule has 1 heterocycles. The predicted molar refractivity (Wildman–Crippen MR) is 89.9 cm³/mol. The van der Waals surface area contributed by atoms with Crippen molar-refractivity contribution in [2.75, 3.05) is 6.61 Å². The molecular weight excluding hydrogens is 292 g/mol. The van der Waals surface area contributed by atoms with E-state index in [4.69, 9.17) is 14.2 Å². The van der Waals surface area contributed by atoms with Crippen molar-refractivity contribution < 1.29 is 19.0 Å². The molecule has 0 aromatic rings. The lowest BCUT2D eigenvalue weighted by atomic mass is 9.90. The lowest BCUT2D eigenvalue weighted by Gasteiger charge is -2.38. The first-order chi connectivity index (χ1) is 10.8. The van der Waals surface area contributed by atoms with Crippen LogP contribution < -0.4 is 0 Å². The number of carbonyl (C=O) groups is 1. The number of carbonyl (C=O) groups excluding carboxylic acids is 1. The van der Waals surface area contributed by atoms with Gasteiger partial charge in [0.1, 0.15) is 0 Å². The van der Waals surface area contributed by atoms with Gasteiger partial charge in [-0.05, 0) is 57.8 Å². The second kappa shape index (κ2) is 7.52. The Morgan fingerprint density at radius 3 is 2.65 bits per heavy atom. The van der Waals surface area contributed by atoms with Gasteiger partial charge in [0.25, 0.3) is 0 Å². The van der Waals surface area contributed by atoms with E-state index in [-0.39, 0.29) is 35.8 Å². The van der Waals surface area contributed by atoms with Crippen molar-refractivity contribution >= 4 is 5.97 Å². The third-order valence-electron chi connectivity index (χ3n) is 5.77. The zero-order valence-electron chi connectivity index (χ0n) is 15.6. The van der Waals surface area contributed by atoms with E-state index in [1.54, 1.807) is 0 Å². The average molecular weight is 326 g/mol. The van der Waals surface area contributed by atoms with Gasteiger partial charge < -0.3 is 14.2 Å². The van der Waals surface area contributed by atoms with Crippen molar-refractivity contribution in [1.82, 2.24) is 0 Å². The van der Waals surface area contributed by atoms with Gasteiger partial charge in [-0.15, -0.1) is 0 Å². The number of hydrogen-bond donors (Lipinski definition) is 0. The van der Waals surface area contributed by atoms with E-state index >= 15 is 0 Å². The molecule has 1 saturated carbocycles. The molecule has 0 aromatic carbocycles. The van der Waals surface area contributed by atoms with E-state index in [0.717, 1.165) is 25.7 Å². The average Bonchev–Trinajstić information content (AvgIpc) is 3.16. The van der Waals surface area contributed by atoms with Gasteiger partial charge in [-0.2, -0.15) is 0 Å². The van der Waals surface area contributed by atoms with Crippen LogP contribution in [0.3, 0.4) is 0 Å². The highest BCUT2D eigenvalue weighted by atomic mass is 16.7. The van der Waals surface area contributed by atoms with Gasteiger partial charge in [0, 0.05) is 5.92 Å². The normalized spacial score (nSPS) is 41.4. The predicted octanol–water partition coefficient (Wildman–Crippen LogP) is 4.17. The highest BCUT2D eigenvalue weighted by Gasteiger charge is 2.54. The lowest BCUT2D eigenvalue weighted by molar-refractivity contribution is -0.244. The summed E-state index contributed by atoms with van der Waals surface area (Å²) in [4.78, 5) is 11.8.